The lowest BCUT2D eigenvalue weighted by atomic mass is 9.82. The summed E-state index contributed by atoms with van der Waals surface area (Å²) in [5.41, 5.74) is 12.6. The Morgan fingerprint density at radius 2 is 2.27 bits per heavy atom. The van der Waals surface area contributed by atoms with Crippen LogP contribution in [0.1, 0.15) is 19.8 Å². The van der Waals surface area contributed by atoms with Gasteiger partial charge in [-0.15, -0.1) is 0 Å². The van der Waals surface area contributed by atoms with Gasteiger partial charge in [-0.05, 0) is 31.2 Å². The maximum atomic E-state index is 5.63. The molecule has 0 bridgehead atoms. The van der Waals surface area contributed by atoms with Crippen LogP contribution in [0, 0.1) is 11.8 Å². The standard InChI is InChI=1S/C9H18N2/c1-7-2-3-8(5-10)4-9(7)6-11/h4,7,9H,2-3,5-6,10-11H2,1H3/t7-,9?/m1/s1. The summed E-state index contributed by atoms with van der Waals surface area (Å²) in [6, 6.07) is 0. The highest BCUT2D eigenvalue weighted by Gasteiger charge is 2.18. The van der Waals surface area contributed by atoms with Crippen LogP contribution in [-0.2, 0) is 0 Å². The van der Waals surface area contributed by atoms with E-state index in [9.17, 15) is 0 Å². The minimum absolute atomic E-state index is 0.572. The minimum Gasteiger partial charge on any atom is -0.330 e. The lowest BCUT2D eigenvalue weighted by Gasteiger charge is -2.25. The lowest BCUT2D eigenvalue weighted by Crippen LogP contribution is -2.24. The molecule has 1 aliphatic carbocycles. The zero-order valence-corrected chi connectivity index (χ0v) is 7.22. The van der Waals surface area contributed by atoms with Crippen LogP contribution in [0.4, 0.5) is 0 Å². The maximum Gasteiger partial charge on any atom is 0.0136 e. The molecule has 0 aromatic heterocycles. The van der Waals surface area contributed by atoms with Crippen molar-refractivity contribution in [1.82, 2.24) is 0 Å². The highest BCUT2D eigenvalue weighted by molar-refractivity contribution is 5.10. The summed E-state index contributed by atoms with van der Waals surface area (Å²) in [5.74, 6) is 1.32. The number of hydrogen-bond donors (Lipinski definition) is 2. The lowest BCUT2D eigenvalue weighted by molar-refractivity contribution is 0.384. The molecule has 0 saturated carbocycles. The molecule has 0 spiro atoms. The highest BCUT2D eigenvalue weighted by Crippen LogP contribution is 2.26. The fourth-order valence-electron chi connectivity index (χ4n) is 1.65. The summed E-state index contributed by atoms with van der Waals surface area (Å²) >= 11 is 0. The van der Waals surface area contributed by atoms with Crippen LogP contribution < -0.4 is 11.5 Å². The zero-order valence-electron chi connectivity index (χ0n) is 7.22. The van der Waals surface area contributed by atoms with E-state index < -0.39 is 0 Å². The Labute approximate surface area is 68.6 Å². The summed E-state index contributed by atoms with van der Waals surface area (Å²) < 4.78 is 0. The first kappa shape index (κ1) is 8.75. The second kappa shape index (κ2) is 3.88. The first-order chi connectivity index (χ1) is 5.27. The van der Waals surface area contributed by atoms with E-state index in [2.05, 4.69) is 13.0 Å². The Morgan fingerprint density at radius 1 is 1.55 bits per heavy atom. The molecule has 0 aromatic rings. The third-order valence-corrected chi connectivity index (χ3v) is 2.64. The molecular weight excluding hydrogens is 136 g/mol. The van der Waals surface area contributed by atoms with Crippen LogP contribution in [0.25, 0.3) is 0 Å². The van der Waals surface area contributed by atoms with Crippen molar-refractivity contribution < 1.29 is 0 Å². The molecule has 4 N–H and O–H groups in total. The second-order valence-electron chi connectivity index (χ2n) is 3.44. The normalized spacial score (nSPS) is 31.7. The molecule has 0 aliphatic heterocycles. The summed E-state index contributed by atoms with van der Waals surface area (Å²) in [6.07, 6.45) is 4.70. The number of hydrogen-bond acceptors (Lipinski definition) is 2. The van der Waals surface area contributed by atoms with Gasteiger partial charge in [0.15, 0.2) is 0 Å². The van der Waals surface area contributed by atoms with Gasteiger partial charge in [-0.3, -0.25) is 0 Å². The van der Waals surface area contributed by atoms with Gasteiger partial charge in [0.2, 0.25) is 0 Å². The minimum atomic E-state index is 0.572. The molecule has 0 aromatic carbocycles. The van der Waals surface area contributed by atoms with E-state index in [1.165, 1.54) is 18.4 Å². The van der Waals surface area contributed by atoms with Crippen LogP contribution in [0.2, 0.25) is 0 Å². The topological polar surface area (TPSA) is 52.0 Å². The summed E-state index contributed by atoms with van der Waals surface area (Å²) in [5, 5.41) is 0. The van der Waals surface area contributed by atoms with Gasteiger partial charge in [-0.25, -0.2) is 0 Å². The van der Waals surface area contributed by atoms with Gasteiger partial charge in [-0.1, -0.05) is 18.6 Å². The van der Waals surface area contributed by atoms with Crippen molar-refractivity contribution in [2.75, 3.05) is 13.1 Å². The third-order valence-electron chi connectivity index (χ3n) is 2.64. The molecule has 0 heterocycles. The molecule has 1 aliphatic rings. The van der Waals surface area contributed by atoms with Crippen LogP contribution in [0.3, 0.4) is 0 Å². The van der Waals surface area contributed by atoms with Crippen LogP contribution in [0.5, 0.6) is 0 Å². The van der Waals surface area contributed by atoms with Gasteiger partial charge in [-0.2, -0.15) is 0 Å². The van der Waals surface area contributed by atoms with Crippen LogP contribution >= 0.6 is 0 Å². The molecule has 1 unspecified atom stereocenters. The van der Waals surface area contributed by atoms with E-state index in [1.807, 2.05) is 0 Å². The van der Waals surface area contributed by atoms with Gasteiger partial charge in [0, 0.05) is 6.54 Å². The summed E-state index contributed by atoms with van der Waals surface area (Å²) in [4.78, 5) is 0. The van der Waals surface area contributed by atoms with Crippen molar-refractivity contribution in [3.8, 4) is 0 Å². The van der Waals surface area contributed by atoms with E-state index >= 15 is 0 Å². The third kappa shape index (κ3) is 2.04. The molecule has 0 radical (unpaired) electrons. The SMILES string of the molecule is C[C@@H]1CCC(CN)=CC1CN. The molecule has 2 atom stereocenters. The van der Waals surface area contributed by atoms with E-state index in [1.54, 1.807) is 0 Å². The molecule has 2 nitrogen and oxygen atoms in total. The van der Waals surface area contributed by atoms with Gasteiger partial charge in [0.05, 0.1) is 0 Å². The van der Waals surface area contributed by atoms with Crippen molar-refractivity contribution in [2.24, 2.45) is 23.3 Å². The fourth-order valence-corrected chi connectivity index (χ4v) is 1.65. The van der Waals surface area contributed by atoms with Crippen molar-refractivity contribution >= 4 is 0 Å². The summed E-state index contributed by atoms with van der Waals surface area (Å²) in [6.45, 7) is 3.75. The zero-order chi connectivity index (χ0) is 8.27. The Bertz CT molecular complexity index is 152. The van der Waals surface area contributed by atoms with Crippen molar-refractivity contribution in [1.29, 1.82) is 0 Å². The molecule has 0 saturated heterocycles. The van der Waals surface area contributed by atoms with Gasteiger partial charge in [0.1, 0.15) is 0 Å². The summed E-state index contributed by atoms with van der Waals surface area (Å²) in [7, 11) is 0. The van der Waals surface area contributed by atoms with Crippen molar-refractivity contribution in [3.63, 3.8) is 0 Å². The first-order valence-corrected chi connectivity index (χ1v) is 4.37. The average molecular weight is 154 g/mol. The molecule has 0 fully saturated rings. The largest absolute Gasteiger partial charge is 0.330 e. The van der Waals surface area contributed by atoms with E-state index in [0.717, 1.165) is 12.5 Å². The van der Waals surface area contributed by atoms with Crippen molar-refractivity contribution in [3.05, 3.63) is 11.6 Å². The molecule has 11 heavy (non-hydrogen) atoms. The Morgan fingerprint density at radius 3 is 2.82 bits per heavy atom. The number of nitrogens with two attached hydrogens (primary N) is 2. The molecule has 2 heteroatoms. The molecule has 0 amide bonds. The number of rotatable bonds is 2. The predicted molar refractivity (Wildman–Crippen MR) is 48.1 cm³/mol. The van der Waals surface area contributed by atoms with Gasteiger partial charge < -0.3 is 11.5 Å². The fraction of sp³-hybridized carbons (Fsp3) is 0.778. The smallest absolute Gasteiger partial charge is 0.0136 e. The molecular formula is C9H18N2. The van der Waals surface area contributed by atoms with E-state index in [0.29, 0.717) is 12.5 Å². The van der Waals surface area contributed by atoms with Crippen LogP contribution in [-0.4, -0.2) is 13.1 Å². The van der Waals surface area contributed by atoms with Gasteiger partial charge in [0.25, 0.3) is 0 Å². The average Bonchev–Trinajstić information content (AvgIpc) is 2.05. The maximum absolute atomic E-state index is 5.63. The quantitative estimate of drug-likeness (QED) is 0.580. The predicted octanol–water partition coefficient (Wildman–Crippen LogP) is 0.876. The highest BCUT2D eigenvalue weighted by atomic mass is 14.6. The van der Waals surface area contributed by atoms with Gasteiger partial charge >= 0.3 is 0 Å². The first-order valence-electron chi connectivity index (χ1n) is 4.37. The molecule has 64 valence electrons. The molecule has 1 rings (SSSR count). The Balaban J connectivity index is 2.59. The van der Waals surface area contributed by atoms with E-state index in [-0.39, 0.29) is 0 Å². The van der Waals surface area contributed by atoms with Crippen molar-refractivity contribution in [2.45, 2.75) is 19.8 Å². The second-order valence-corrected chi connectivity index (χ2v) is 3.44. The Kier molecular flexibility index (Phi) is 3.09. The van der Waals surface area contributed by atoms with Crippen LogP contribution in [0.15, 0.2) is 11.6 Å². The Hall–Kier alpha value is -0.340. The van der Waals surface area contributed by atoms with E-state index in [4.69, 9.17) is 11.5 Å². The monoisotopic (exact) mass is 154 g/mol.